The largest absolute Gasteiger partial charge is 0.495 e. The number of halogens is 2. The van der Waals surface area contributed by atoms with Crippen LogP contribution >= 0.6 is 24.0 Å². The minimum atomic E-state index is -3.58. The lowest BCUT2D eigenvalue weighted by Gasteiger charge is -2.12. The van der Waals surface area contributed by atoms with Gasteiger partial charge in [-0.25, -0.2) is 13.1 Å². The van der Waals surface area contributed by atoms with E-state index in [1.807, 2.05) is 6.92 Å². The highest BCUT2D eigenvalue weighted by molar-refractivity contribution is 7.89. The van der Waals surface area contributed by atoms with E-state index in [-0.39, 0.29) is 28.4 Å². The zero-order valence-corrected chi connectivity index (χ0v) is 14.0. The Labute approximate surface area is 131 Å². The molecule has 1 unspecified atom stereocenters. The number of ether oxygens (including phenoxy) is 1. The zero-order valence-electron chi connectivity index (χ0n) is 11.6. The second kappa shape index (κ2) is 8.05. The fourth-order valence-electron chi connectivity index (χ4n) is 1.58. The molecule has 0 saturated heterocycles. The van der Waals surface area contributed by atoms with Crippen molar-refractivity contribution in [1.82, 2.24) is 4.72 Å². The van der Waals surface area contributed by atoms with Gasteiger partial charge < -0.3 is 10.5 Å². The molecule has 0 bridgehead atoms. The lowest BCUT2D eigenvalue weighted by atomic mass is 10.2. The summed E-state index contributed by atoms with van der Waals surface area (Å²) >= 11 is 5.95. The molecule has 5 nitrogen and oxygen atoms in total. The Hall–Kier alpha value is -0.530. The van der Waals surface area contributed by atoms with E-state index in [2.05, 4.69) is 4.72 Å². The van der Waals surface area contributed by atoms with Crippen molar-refractivity contribution in [3.05, 3.63) is 22.7 Å². The van der Waals surface area contributed by atoms with Gasteiger partial charge in [-0.1, -0.05) is 11.6 Å². The van der Waals surface area contributed by atoms with Gasteiger partial charge >= 0.3 is 0 Å². The van der Waals surface area contributed by atoms with Gasteiger partial charge in [0.2, 0.25) is 10.0 Å². The quantitative estimate of drug-likeness (QED) is 0.829. The predicted octanol–water partition coefficient (Wildman–Crippen LogP) is 2.09. The standard InChI is InChI=1S/C12H19ClN2O3S.ClH/c1-8-6-11(18-3)10(13)7-12(8)19(16,17)15-5-4-9(2)14;/h6-7,9,15H,4-5,14H2,1-3H3;1H. The van der Waals surface area contributed by atoms with E-state index in [1.54, 1.807) is 13.0 Å². The second-order valence-corrected chi connectivity index (χ2v) is 6.56. The van der Waals surface area contributed by atoms with E-state index in [4.69, 9.17) is 22.1 Å². The Kier molecular flexibility index (Phi) is 7.83. The molecule has 1 aromatic rings. The van der Waals surface area contributed by atoms with Crippen LogP contribution in [0.15, 0.2) is 17.0 Å². The van der Waals surface area contributed by atoms with Crippen molar-refractivity contribution in [3.8, 4) is 5.75 Å². The maximum atomic E-state index is 12.1. The molecule has 1 aromatic carbocycles. The highest BCUT2D eigenvalue weighted by atomic mass is 35.5. The normalized spacial score (nSPS) is 12.7. The molecule has 3 N–H and O–H groups in total. The summed E-state index contributed by atoms with van der Waals surface area (Å²) in [5.74, 6) is 0.452. The third-order valence-corrected chi connectivity index (χ3v) is 4.53. The van der Waals surface area contributed by atoms with Crippen molar-refractivity contribution in [2.24, 2.45) is 5.73 Å². The first-order chi connectivity index (χ1) is 8.77. The van der Waals surface area contributed by atoms with Gasteiger partial charge in [-0.2, -0.15) is 0 Å². The summed E-state index contributed by atoms with van der Waals surface area (Å²) in [6, 6.07) is 2.94. The summed E-state index contributed by atoms with van der Waals surface area (Å²) in [5, 5.41) is 0.265. The SMILES string of the molecule is COc1cc(C)c(S(=O)(=O)NCCC(C)N)cc1Cl.Cl. The summed E-state index contributed by atoms with van der Waals surface area (Å²) in [7, 11) is -2.10. The van der Waals surface area contributed by atoms with Crippen LogP contribution in [0.25, 0.3) is 0 Å². The monoisotopic (exact) mass is 342 g/mol. The van der Waals surface area contributed by atoms with Crippen molar-refractivity contribution in [1.29, 1.82) is 0 Å². The third-order valence-electron chi connectivity index (χ3n) is 2.63. The summed E-state index contributed by atoms with van der Waals surface area (Å²) in [5.41, 5.74) is 6.16. The number of sulfonamides is 1. The van der Waals surface area contributed by atoms with Crippen molar-refractivity contribution in [2.75, 3.05) is 13.7 Å². The number of nitrogens with one attached hydrogen (secondary N) is 1. The van der Waals surface area contributed by atoms with Crippen LogP contribution in [0, 0.1) is 6.92 Å². The Morgan fingerprint density at radius 2 is 2.05 bits per heavy atom. The number of hydrogen-bond acceptors (Lipinski definition) is 4. The summed E-state index contributed by atoms with van der Waals surface area (Å²) in [4.78, 5) is 0.156. The number of benzene rings is 1. The van der Waals surface area contributed by atoms with Crippen molar-refractivity contribution < 1.29 is 13.2 Å². The first-order valence-corrected chi connectivity index (χ1v) is 7.73. The van der Waals surface area contributed by atoms with E-state index in [0.29, 0.717) is 24.3 Å². The van der Waals surface area contributed by atoms with Gasteiger partial charge in [0.05, 0.1) is 17.0 Å². The molecule has 1 rings (SSSR count). The zero-order chi connectivity index (χ0) is 14.6. The Bertz CT molecular complexity index is 548. The number of rotatable bonds is 6. The molecule has 0 aliphatic heterocycles. The second-order valence-electron chi connectivity index (χ2n) is 4.42. The third kappa shape index (κ3) is 5.10. The highest BCUT2D eigenvalue weighted by Crippen LogP contribution is 2.29. The molecule has 0 aromatic heterocycles. The highest BCUT2D eigenvalue weighted by Gasteiger charge is 2.19. The van der Waals surface area contributed by atoms with Gasteiger partial charge in [-0.05, 0) is 38.0 Å². The molecule has 20 heavy (non-hydrogen) atoms. The van der Waals surface area contributed by atoms with E-state index in [1.165, 1.54) is 13.2 Å². The number of hydrogen-bond donors (Lipinski definition) is 2. The maximum Gasteiger partial charge on any atom is 0.240 e. The Balaban J connectivity index is 0.00000361. The molecule has 0 fully saturated rings. The molecule has 0 amide bonds. The van der Waals surface area contributed by atoms with E-state index < -0.39 is 10.0 Å². The molecule has 0 heterocycles. The smallest absolute Gasteiger partial charge is 0.240 e. The predicted molar refractivity (Wildman–Crippen MR) is 83.4 cm³/mol. The first-order valence-electron chi connectivity index (χ1n) is 5.87. The molecule has 0 radical (unpaired) electrons. The molecule has 0 saturated carbocycles. The molecule has 116 valence electrons. The van der Waals surface area contributed by atoms with E-state index in [9.17, 15) is 8.42 Å². The van der Waals surface area contributed by atoms with Crippen LogP contribution < -0.4 is 15.2 Å². The van der Waals surface area contributed by atoms with Gasteiger partial charge in [0.25, 0.3) is 0 Å². The lowest BCUT2D eigenvalue weighted by molar-refractivity contribution is 0.414. The van der Waals surface area contributed by atoms with E-state index >= 15 is 0 Å². The number of aryl methyl sites for hydroxylation is 1. The van der Waals surface area contributed by atoms with Crippen LogP contribution in [0.2, 0.25) is 5.02 Å². The van der Waals surface area contributed by atoms with Crippen molar-refractivity contribution in [3.63, 3.8) is 0 Å². The number of nitrogens with two attached hydrogens (primary N) is 1. The molecule has 0 aliphatic rings. The average molecular weight is 343 g/mol. The first kappa shape index (κ1) is 19.5. The summed E-state index contributed by atoms with van der Waals surface area (Å²) in [6.07, 6.45) is 0.572. The van der Waals surface area contributed by atoms with Crippen molar-refractivity contribution >= 4 is 34.0 Å². The summed E-state index contributed by atoms with van der Waals surface area (Å²) < 4.78 is 31.8. The minimum absolute atomic E-state index is 0. The molecule has 0 aliphatic carbocycles. The van der Waals surface area contributed by atoms with Crippen molar-refractivity contribution in [2.45, 2.75) is 31.2 Å². The fraction of sp³-hybridized carbons (Fsp3) is 0.500. The van der Waals surface area contributed by atoms with Gasteiger partial charge in [-0.15, -0.1) is 12.4 Å². The van der Waals surface area contributed by atoms with Gasteiger partial charge in [0.15, 0.2) is 0 Å². The Morgan fingerprint density at radius 3 is 2.55 bits per heavy atom. The van der Waals surface area contributed by atoms with Crippen LogP contribution in [-0.2, 0) is 10.0 Å². The molecule has 8 heteroatoms. The molecular formula is C12H20Cl2N2O3S. The lowest BCUT2D eigenvalue weighted by Crippen LogP contribution is -2.29. The maximum absolute atomic E-state index is 12.1. The van der Waals surface area contributed by atoms with Crippen LogP contribution in [0.3, 0.4) is 0 Å². The molecule has 1 atom stereocenters. The average Bonchev–Trinajstić information content (AvgIpc) is 2.30. The fourth-order valence-corrected chi connectivity index (χ4v) is 3.18. The van der Waals surface area contributed by atoms with Crippen LogP contribution in [0.1, 0.15) is 18.9 Å². The molecule has 0 spiro atoms. The van der Waals surface area contributed by atoms with Gasteiger partial charge in [0, 0.05) is 12.6 Å². The Morgan fingerprint density at radius 1 is 1.45 bits per heavy atom. The summed E-state index contributed by atoms with van der Waals surface area (Å²) in [6.45, 7) is 3.81. The topological polar surface area (TPSA) is 81.4 Å². The van der Waals surface area contributed by atoms with Crippen LogP contribution in [0.4, 0.5) is 0 Å². The minimum Gasteiger partial charge on any atom is -0.495 e. The van der Waals surface area contributed by atoms with Crippen LogP contribution in [-0.4, -0.2) is 28.1 Å². The van der Waals surface area contributed by atoms with E-state index in [0.717, 1.165) is 0 Å². The number of methoxy groups -OCH3 is 1. The van der Waals surface area contributed by atoms with Crippen LogP contribution in [0.5, 0.6) is 5.75 Å². The van der Waals surface area contributed by atoms with Gasteiger partial charge in [-0.3, -0.25) is 0 Å². The molecular weight excluding hydrogens is 323 g/mol. The van der Waals surface area contributed by atoms with Gasteiger partial charge in [0.1, 0.15) is 5.75 Å².